The number of amides is 2. The summed E-state index contributed by atoms with van der Waals surface area (Å²) in [5.41, 5.74) is 2.99. The molecule has 0 aliphatic heterocycles. The van der Waals surface area contributed by atoms with Crippen molar-refractivity contribution in [2.24, 2.45) is 0 Å². The molecule has 0 unspecified atom stereocenters. The Morgan fingerprint density at radius 2 is 1.68 bits per heavy atom. The molecule has 0 aromatic heterocycles. The maximum absolute atomic E-state index is 13.1. The van der Waals surface area contributed by atoms with Crippen molar-refractivity contribution in [3.63, 3.8) is 0 Å². The fourth-order valence-electron chi connectivity index (χ4n) is 3.25. The first kappa shape index (κ1) is 20.4. The Kier molecular flexibility index (Phi) is 5.53. The second-order valence-electron chi connectivity index (χ2n) is 8.46. The highest BCUT2D eigenvalue weighted by atomic mass is 35.5. The molecule has 0 atom stereocenters. The number of carbonyl (C=O) groups is 2. The van der Waals surface area contributed by atoms with Crippen molar-refractivity contribution in [2.45, 2.75) is 57.8 Å². The van der Waals surface area contributed by atoms with Crippen LogP contribution < -0.4 is 10.6 Å². The Labute approximate surface area is 171 Å². The van der Waals surface area contributed by atoms with Gasteiger partial charge in [-0.05, 0) is 47.6 Å². The van der Waals surface area contributed by atoms with E-state index in [4.69, 9.17) is 11.6 Å². The third-order valence-corrected chi connectivity index (χ3v) is 5.64. The number of benzene rings is 2. The van der Waals surface area contributed by atoms with E-state index < -0.39 is 5.41 Å². The van der Waals surface area contributed by atoms with Crippen LogP contribution in [0.15, 0.2) is 42.5 Å². The van der Waals surface area contributed by atoms with E-state index in [1.54, 1.807) is 25.1 Å². The Bertz CT molecular complexity index is 894. The minimum absolute atomic E-state index is 0.0584. The summed E-state index contributed by atoms with van der Waals surface area (Å²) in [6, 6.07) is 13.4. The number of anilines is 2. The van der Waals surface area contributed by atoms with Crippen LogP contribution in [-0.2, 0) is 20.4 Å². The lowest BCUT2D eigenvalue weighted by Gasteiger charge is -2.21. The largest absolute Gasteiger partial charge is 0.326 e. The Morgan fingerprint density at radius 3 is 2.21 bits per heavy atom. The van der Waals surface area contributed by atoms with E-state index >= 15 is 0 Å². The summed E-state index contributed by atoms with van der Waals surface area (Å²) in [5, 5.41) is 6.20. The molecule has 0 radical (unpaired) electrons. The van der Waals surface area contributed by atoms with Crippen LogP contribution in [-0.4, -0.2) is 11.8 Å². The van der Waals surface area contributed by atoms with E-state index in [1.807, 2.05) is 0 Å². The molecule has 3 rings (SSSR count). The summed E-state index contributed by atoms with van der Waals surface area (Å²) >= 11 is 6.27. The molecule has 1 aliphatic rings. The lowest BCUT2D eigenvalue weighted by molar-refractivity contribution is -0.118. The van der Waals surface area contributed by atoms with Gasteiger partial charge in [0, 0.05) is 12.1 Å². The van der Waals surface area contributed by atoms with Gasteiger partial charge in [0.15, 0.2) is 0 Å². The molecule has 0 heterocycles. The van der Waals surface area contributed by atoms with Gasteiger partial charge in [-0.15, -0.1) is 0 Å². The first-order valence-electron chi connectivity index (χ1n) is 9.67. The van der Waals surface area contributed by atoms with E-state index in [9.17, 15) is 9.59 Å². The summed E-state index contributed by atoms with van der Waals surface area (Å²) in [5.74, 6) is -0.144. The summed E-state index contributed by atoms with van der Waals surface area (Å²) in [4.78, 5) is 24.7. The molecule has 1 aliphatic carbocycles. The molecule has 2 aromatic rings. The fourth-order valence-corrected chi connectivity index (χ4v) is 3.42. The maximum atomic E-state index is 13.1. The summed E-state index contributed by atoms with van der Waals surface area (Å²) in [6.07, 6.45) is 2.02. The van der Waals surface area contributed by atoms with E-state index in [0.29, 0.717) is 22.8 Å². The SMILES string of the molecule is CCC(=O)Nc1ccc(Cl)c(NC(=O)C2(c3ccc(C(C)(C)C)cc3)CC2)c1. The second-order valence-corrected chi connectivity index (χ2v) is 8.87. The van der Waals surface area contributed by atoms with Gasteiger partial charge in [0.2, 0.25) is 11.8 Å². The molecule has 4 nitrogen and oxygen atoms in total. The lowest BCUT2D eigenvalue weighted by atomic mass is 9.85. The van der Waals surface area contributed by atoms with Crippen LogP contribution in [0.1, 0.15) is 58.1 Å². The highest BCUT2D eigenvalue weighted by molar-refractivity contribution is 6.34. The van der Waals surface area contributed by atoms with Gasteiger partial charge in [0.25, 0.3) is 0 Å². The van der Waals surface area contributed by atoms with Crippen molar-refractivity contribution in [3.05, 3.63) is 58.6 Å². The highest BCUT2D eigenvalue weighted by Crippen LogP contribution is 2.49. The zero-order valence-electron chi connectivity index (χ0n) is 16.9. The number of hydrogen-bond donors (Lipinski definition) is 2. The quantitative estimate of drug-likeness (QED) is 0.683. The fraction of sp³-hybridized carbons (Fsp3) is 0.391. The van der Waals surface area contributed by atoms with Gasteiger partial charge < -0.3 is 10.6 Å². The maximum Gasteiger partial charge on any atom is 0.235 e. The lowest BCUT2D eigenvalue weighted by Crippen LogP contribution is -2.28. The predicted octanol–water partition coefficient (Wildman–Crippen LogP) is 5.66. The van der Waals surface area contributed by atoms with Crippen LogP contribution >= 0.6 is 11.6 Å². The molecule has 0 bridgehead atoms. The molecule has 2 N–H and O–H groups in total. The number of halogens is 1. The molecule has 0 spiro atoms. The van der Waals surface area contributed by atoms with Gasteiger partial charge in [-0.1, -0.05) is 63.6 Å². The average molecular weight is 399 g/mol. The molecule has 1 fully saturated rings. The van der Waals surface area contributed by atoms with Crippen LogP contribution in [0.3, 0.4) is 0 Å². The molecule has 148 valence electrons. The van der Waals surface area contributed by atoms with Crippen molar-refractivity contribution in [1.82, 2.24) is 0 Å². The summed E-state index contributed by atoms with van der Waals surface area (Å²) in [7, 11) is 0. The number of carbonyl (C=O) groups excluding carboxylic acids is 2. The zero-order chi connectivity index (χ0) is 20.5. The Morgan fingerprint density at radius 1 is 1.04 bits per heavy atom. The van der Waals surface area contributed by atoms with Crippen molar-refractivity contribution in [2.75, 3.05) is 10.6 Å². The van der Waals surface area contributed by atoms with Crippen molar-refractivity contribution >= 4 is 34.8 Å². The molecule has 5 heteroatoms. The van der Waals surface area contributed by atoms with Gasteiger partial charge >= 0.3 is 0 Å². The van der Waals surface area contributed by atoms with E-state index in [2.05, 4.69) is 55.7 Å². The van der Waals surface area contributed by atoms with Crippen LogP contribution in [0.5, 0.6) is 0 Å². The molecule has 2 aromatic carbocycles. The smallest absolute Gasteiger partial charge is 0.235 e. The van der Waals surface area contributed by atoms with E-state index in [-0.39, 0.29) is 17.2 Å². The third-order valence-electron chi connectivity index (χ3n) is 5.31. The third kappa shape index (κ3) is 4.22. The zero-order valence-corrected chi connectivity index (χ0v) is 17.6. The minimum Gasteiger partial charge on any atom is -0.326 e. The van der Waals surface area contributed by atoms with Crippen molar-refractivity contribution < 1.29 is 9.59 Å². The molecule has 1 saturated carbocycles. The van der Waals surface area contributed by atoms with Gasteiger partial charge in [0.1, 0.15) is 0 Å². The predicted molar refractivity (Wildman–Crippen MR) is 115 cm³/mol. The molecule has 0 saturated heterocycles. The first-order chi connectivity index (χ1) is 13.2. The molecule has 2 amide bonds. The standard InChI is InChI=1S/C23H27ClN2O2/c1-5-20(27)25-17-10-11-18(24)19(14-17)26-21(28)23(12-13-23)16-8-6-15(7-9-16)22(2,3)4/h6-11,14H,5,12-13H2,1-4H3,(H,25,27)(H,26,28). The monoisotopic (exact) mass is 398 g/mol. The highest BCUT2D eigenvalue weighted by Gasteiger charge is 2.51. The summed E-state index contributed by atoms with van der Waals surface area (Å²) in [6.45, 7) is 8.31. The normalized spacial score (nSPS) is 15.0. The van der Waals surface area contributed by atoms with Crippen molar-refractivity contribution in [3.8, 4) is 0 Å². The number of rotatable bonds is 5. The Hall–Kier alpha value is -2.33. The number of nitrogens with one attached hydrogen (secondary N) is 2. The molecular formula is C23H27ClN2O2. The van der Waals surface area contributed by atoms with Gasteiger partial charge in [-0.3, -0.25) is 9.59 Å². The van der Waals surface area contributed by atoms with Crippen LogP contribution in [0.4, 0.5) is 11.4 Å². The van der Waals surface area contributed by atoms with Gasteiger partial charge in [0.05, 0.1) is 16.1 Å². The molecule has 28 heavy (non-hydrogen) atoms. The first-order valence-corrected chi connectivity index (χ1v) is 10.1. The van der Waals surface area contributed by atoms with Gasteiger partial charge in [-0.2, -0.15) is 0 Å². The Balaban J connectivity index is 1.79. The van der Waals surface area contributed by atoms with Gasteiger partial charge in [-0.25, -0.2) is 0 Å². The molecular weight excluding hydrogens is 372 g/mol. The summed E-state index contributed by atoms with van der Waals surface area (Å²) < 4.78 is 0. The topological polar surface area (TPSA) is 58.2 Å². The van der Waals surface area contributed by atoms with Crippen molar-refractivity contribution in [1.29, 1.82) is 0 Å². The second kappa shape index (κ2) is 7.59. The van der Waals surface area contributed by atoms with Crippen LogP contribution in [0.2, 0.25) is 5.02 Å². The number of hydrogen-bond acceptors (Lipinski definition) is 2. The van der Waals surface area contributed by atoms with E-state index in [0.717, 1.165) is 18.4 Å². The average Bonchev–Trinajstić information content (AvgIpc) is 3.46. The van der Waals surface area contributed by atoms with E-state index in [1.165, 1.54) is 5.56 Å². The minimum atomic E-state index is -0.498. The van der Waals surface area contributed by atoms with Crippen LogP contribution in [0.25, 0.3) is 0 Å². The van der Waals surface area contributed by atoms with Crippen LogP contribution in [0, 0.1) is 0 Å².